The first-order valence-corrected chi connectivity index (χ1v) is 7.75. The van der Waals surface area contributed by atoms with Gasteiger partial charge in [0.25, 0.3) is 17.2 Å². The number of amides is 1. The van der Waals surface area contributed by atoms with Crippen molar-refractivity contribution >= 4 is 17.3 Å². The molecule has 0 saturated heterocycles. The molecule has 0 aliphatic heterocycles. The monoisotopic (exact) mass is 353 g/mol. The van der Waals surface area contributed by atoms with E-state index in [0.29, 0.717) is 17.0 Å². The van der Waals surface area contributed by atoms with Crippen LogP contribution in [0.5, 0.6) is 0 Å². The van der Waals surface area contributed by atoms with Crippen molar-refractivity contribution in [2.24, 2.45) is 0 Å². The van der Waals surface area contributed by atoms with Gasteiger partial charge < -0.3 is 14.3 Å². The molecular weight excluding hydrogens is 338 g/mol. The van der Waals surface area contributed by atoms with Gasteiger partial charge in [-0.25, -0.2) is 0 Å². The number of benzene rings is 1. The van der Waals surface area contributed by atoms with Gasteiger partial charge in [-0.1, -0.05) is 12.1 Å². The fourth-order valence-electron chi connectivity index (χ4n) is 2.48. The molecule has 8 heteroatoms. The molecule has 0 unspecified atom stereocenters. The van der Waals surface area contributed by atoms with Crippen LogP contribution in [-0.2, 0) is 6.54 Å². The van der Waals surface area contributed by atoms with Gasteiger partial charge >= 0.3 is 0 Å². The van der Waals surface area contributed by atoms with Crippen molar-refractivity contribution in [3.63, 3.8) is 0 Å². The molecule has 1 amide bonds. The summed E-state index contributed by atoms with van der Waals surface area (Å²) in [5.41, 5.74) is 0.434. The molecule has 8 nitrogen and oxygen atoms in total. The highest BCUT2D eigenvalue weighted by atomic mass is 16.6. The number of pyridine rings is 1. The number of hydrogen-bond acceptors (Lipinski definition) is 5. The Labute approximate surface area is 147 Å². The lowest BCUT2D eigenvalue weighted by molar-refractivity contribution is -0.385. The number of carbonyl (C=O) groups excluding carboxylic acids is 1. The molecule has 0 bridgehead atoms. The maximum Gasteiger partial charge on any atom is 0.291 e. The maximum atomic E-state index is 12.3. The maximum absolute atomic E-state index is 12.3. The van der Waals surface area contributed by atoms with Gasteiger partial charge in [-0.05, 0) is 31.2 Å². The summed E-state index contributed by atoms with van der Waals surface area (Å²) in [6.07, 6.45) is 1.62. The van der Waals surface area contributed by atoms with Crippen molar-refractivity contribution in [1.29, 1.82) is 0 Å². The summed E-state index contributed by atoms with van der Waals surface area (Å²) in [4.78, 5) is 34.5. The number of anilines is 1. The quantitative estimate of drug-likeness (QED) is 0.560. The molecule has 3 rings (SSSR count). The zero-order valence-electron chi connectivity index (χ0n) is 13.8. The molecule has 0 atom stereocenters. The van der Waals surface area contributed by atoms with E-state index in [1.807, 2.05) is 0 Å². The Kier molecular flexibility index (Phi) is 4.66. The first-order valence-electron chi connectivity index (χ1n) is 7.75. The van der Waals surface area contributed by atoms with Gasteiger partial charge in [0.15, 0.2) is 5.76 Å². The molecule has 0 fully saturated rings. The number of furan rings is 1. The summed E-state index contributed by atoms with van der Waals surface area (Å²) in [7, 11) is 0. The van der Waals surface area contributed by atoms with Gasteiger partial charge in [0.05, 0.1) is 22.7 Å². The second-order valence-corrected chi connectivity index (χ2v) is 5.59. The van der Waals surface area contributed by atoms with Gasteiger partial charge in [-0.15, -0.1) is 0 Å². The molecule has 0 radical (unpaired) electrons. The number of nitro groups is 1. The molecule has 132 valence electrons. The molecule has 26 heavy (non-hydrogen) atoms. The highest BCUT2D eigenvalue weighted by Gasteiger charge is 2.17. The number of rotatable bonds is 5. The van der Waals surface area contributed by atoms with E-state index in [2.05, 4.69) is 5.32 Å². The Balaban J connectivity index is 1.77. The van der Waals surface area contributed by atoms with Crippen molar-refractivity contribution in [2.75, 3.05) is 5.32 Å². The van der Waals surface area contributed by atoms with E-state index < -0.39 is 10.8 Å². The first-order chi connectivity index (χ1) is 12.5. The van der Waals surface area contributed by atoms with Crippen LogP contribution in [0.2, 0.25) is 0 Å². The number of hydrogen-bond donors (Lipinski definition) is 1. The van der Waals surface area contributed by atoms with Crippen LogP contribution in [0, 0.1) is 17.0 Å². The van der Waals surface area contributed by atoms with E-state index >= 15 is 0 Å². The third-order valence-corrected chi connectivity index (χ3v) is 3.86. The number of aromatic nitrogens is 1. The first kappa shape index (κ1) is 17.2. The minimum absolute atomic E-state index is 0.0508. The van der Waals surface area contributed by atoms with Crippen molar-refractivity contribution in [3.8, 4) is 0 Å². The summed E-state index contributed by atoms with van der Waals surface area (Å²) in [6, 6.07) is 12.3. The van der Waals surface area contributed by atoms with Gasteiger partial charge in [0.1, 0.15) is 5.76 Å². The predicted octanol–water partition coefficient (Wildman–Crippen LogP) is 2.96. The molecule has 2 aromatic heterocycles. The molecule has 0 aliphatic carbocycles. The predicted molar refractivity (Wildman–Crippen MR) is 94.3 cm³/mol. The fourth-order valence-corrected chi connectivity index (χ4v) is 2.48. The number of nitrogens with one attached hydrogen (secondary N) is 1. The Morgan fingerprint density at radius 2 is 2.00 bits per heavy atom. The highest BCUT2D eigenvalue weighted by Crippen LogP contribution is 2.25. The van der Waals surface area contributed by atoms with Crippen LogP contribution >= 0.6 is 0 Å². The third kappa shape index (κ3) is 3.54. The number of carbonyl (C=O) groups is 1. The number of nitrogens with zero attached hydrogens (tertiary/aromatic N) is 2. The van der Waals surface area contributed by atoms with Crippen LogP contribution in [0.1, 0.15) is 21.9 Å². The van der Waals surface area contributed by atoms with Crippen LogP contribution in [-0.4, -0.2) is 15.4 Å². The second-order valence-electron chi connectivity index (χ2n) is 5.59. The summed E-state index contributed by atoms with van der Waals surface area (Å²) in [5.74, 6) is -0.0330. The molecule has 0 saturated carbocycles. The summed E-state index contributed by atoms with van der Waals surface area (Å²) < 4.78 is 6.94. The lowest BCUT2D eigenvalue weighted by Gasteiger charge is -2.07. The van der Waals surface area contributed by atoms with E-state index in [1.165, 1.54) is 28.8 Å². The van der Waals surface area contributed by atoms with Crippen LogP contribution in [0.3, 0.4) is 0 Å². The molecule has 2 heterocycles. The average Bonchev–Trinajstić information content (AvgIpc) is 3.07. The molecule has 1 aromatic carbocycles. The Morgan fingerprint density at radius 1 is 1.19 bits per heavy atom. The van der Waals surface area contributed by atoms with Crippen molar-refractivity contribution < 1.29 is 14.1 Å². The lowest BCUT2D eigenvalue weighted by atomic mass is 10.1. The Bertz CT molecular complexity index is 1040. The Morgan fingerprint density at radius 3 is 2.73 bits per heavy atom. The van der Waals surface area contributed by atoms with Crippen LogP contribution in [0.4, 0.5) is 11.4 Å². The smallest absolute Gasteiger partial charge is 0.291 e. The van der Waals surface area contributed by atoms with Gasteiger partial charge in [0.2, 0.25) is 0 Å². The standard InChI is InChI=1S/C18H15N3O5/c1-12-14(5-4-6-15(12)21(24)25)19-18(23)16-9-8-13(26-16)11-20-10-3-2-7-17(20)22/h2-10H,11H2,1H3,(H,19,23). The molecular formula is C18H15N3O5. The molecule has 1 N–H and O–H groups in total. The minimum Gasteiger partial charge on any atom is -0.454 e. The van der Waals surface area contributed by atoms with E-state index in [-0.39, 0.29) is 23.6 Å². The van der Waals surface area contributed by atoms with Crippen molar-refractivity contribution in [3.05, 3.63) is 92.3 Å². The molecule has 0 spiro atoms. The average molecular weight is 353 g/mol. The van der Waals surface area contributed by atoms with E-state index in [9.17, 15) is 19.7 Å². The molecule has 0 aliphatic rings. The minimum atomic E-state index is -0.528. The van der Waals surface area contributed by atoms with Crippen molar-refractivity contribution in [2.45, 2.75) is 13.5 Å². The SMILES string of the molecule is Cc1c(NC(=O)c2ccc(Cn3ccccc3=O)o2)cccc1[N+](=O)[O-]. The molecule has 3 aromatic rings. The van der Waals surface area contributed by atoms with Crippen molar-refractivity contribution in [1.82, 2.24) is 4.57 Å². The normalized spacial score (nSPS) is 10.5. The summed E-state index contributed by atoms with van der Waals surface area (Å²) in [5, 5.41) is 13.6. The summed E-state index contributed by atoms with van der Waals surface area (Å²) >= 11 is 0. The second kappa shape index (κ2) is 7.06. The summed E-state index contributed by atoms with van der Waals surface area (Å²) in [6.45, 7) is 1.76. The van der Waals surface area contributed by atoms with Gasteiger partial charge in [-0.3, -0.25) is 19.7 Å². The van der Waals surface area contributed by atoms with Crippen LogP contribution < -0.4 is 10.9 Å². The van der Waals surface area contributed by atoms with E-state index in [0.717, 1.165) is 0 Å². The van der Waals surface area contributed by atoms with Gasteiger partial charge in [0, 0.05) is 18.3 Å². The topological polar surface area (TPSA) is 107 Å². The number of nitro benzene ring substituents is 1. The lowest BCUT2D eigenvalue weighted by Crippen LogP contribution is -2.18. The zero-order valence-corrected chi connectivity index (χ0v) is 13.8. The van der Waals surface area contributed by atoms with E-state index in [4.69, 9.17) is 4.42 Å². The Hall–Kier alpha value is -3.68. The van der Waals surface area contributed by atoms with Crippen LogP contribution in [0.15, 0.2) is 63.9 Å². The van der Waals surface area contributed by atoms with Gasteiger partial charge in [-0.2, -0.15) is 0 Å². The highest BCUT2D eigenvalue weighted by molar-refractivity contribution is 6.03. The largest absolute Gasteiger partial charge is 0.454 e. The third-order valence-electron chi connectivity index (χ3n) is 3.86. The van der Waals surface area contributed by atoms with E-state index in [1.54, 1.807) is 37.4 Å². The van der Waals surface area contributed by atoms with Crippen LogP contribution in [0.25, 0.3) is 0 Å². The fraction of sp³-hybridized carbons (Fsp3) is 0.111. The zero-order chi connectivity index (χ0) is 18.7.